The third kappa shape index (κ3) is 3.59. The van der Waals surface area contributed by atoms with Gasteiger partial charge in [0.05, 0.1) is 29.5 Å². The van der Waals surface area contributed by atoms with E-state index in [9.17, 15) is 4.79 Å². The number of hydrogen-bond donors (Lipinski definition) is 1. The van der Waals surface area contributed by atoms with Crippen molar-refractivity contribution >= 4 is 17.0 Å². The van der Waals surface area contributed by atoms with E-state index in [-0.39, 0.29) is 11.4 Å². The molecule has 0 aliphatic heterocycles. The van der Waals surface area contributed by atoms with E-state index in [2.05, 4.69) is 37.7 Å². The summed E-state index contributed by atoms with van der Waals surface area (Å²) in [6.45, 7) is 9.03. The van der Waals surface area contributed by atoms with Gasteiger partial charge in [0.2, 0.25) is 0 Å². The summed E-state index contributed by atoms with van der Waals surface area (Å²) in [6, 6.07) is 5.35. The summed E-state index contributed by atoms with van der Waals surface area (Å²) in [5.74, 6) is 0.309. The number of benzene rings is 1. The topological polar surface area (TPSA) is 55.0 Å². The van der Waals surface area contributed by atoms with E-state index in [0.717, 1.165) is 17.5 Å². The first-order chi connectivity index (χ1) is 9.37. The summed E-state index contributed by atoms with van der Waals surface area (Å²) < 4.78 is 5.45. The molecule has 0 fully saturated rings. The zero-order valence-electron chi connectivity index (χ0n) is 12.6. The number of fused-ring (bicyclic) bond motifs is 1. The Kier molecular flexibility index (Phi) is 4.12. The van der Waals surface area contributed by atoms with Gasteiger partial charge in [-0.15, -0.1) is 0 Å². The van der Waals surface area contributed by atoms with Gasteiger partial charge in [-0.25, -0.2) is 9.78 Å². The van der Waals surface area contributed by atoms with Gasteiger partial charge in [-0.2, -0.15) is 0 Å². The first-order valence-electron chi connectivity index (χ1n) is 6.98. The molecule has 0 unspecified atom stereocenters. The Labute approximate surface area is 119 Å². The van der Waals surface area contributed by atoms with Crippen molar-refractivity contribution in [3.05, 3.63) is 30.1 Å². The molecule has 0 aliphatic carbocycles. The molecule has 0 amide bonds. The molecule has 4 nitrogen and oxygen atoms in total. The van der Waals surface area contributed by atoms with E-state index in [1.807, 2.05) is 6.07 Å². The fourth-order valence-electron chi connectivity index (χ4n) is 2.57. The molecule has 0 aliphatic rings. The summed E-state index contributed by atoms with van der Waals surface area (Å²) in [5, 5.41) is 0. The SMILES string of the molecule is CC(C)CC(C)(C)COC(=O)c1ccc2nc[nH]c2c1. The molecular formula is C16H22N2O2. The van der Waals surface area contributed by atoms with Gasteiger partial charge in [-0.05, 0) is 36.0 Å². The van der Waals surface area contributed by atoms with Crippen molar-refractivity contribution in [2.45, 2.75) is 34.1 Å². The average Bonchev–Trinajstić information content (AvgIpc) is 2.81. The predicted molar refractivity (Wildman–Crippen MR) is 79.6 cm³/mol. The molecule has 0 atom stereocenters. The van der Waals surface area contributed by atoms with Crippen LogP contribution in [0.2, 0.25) is 0 Å². The van der Waals surface area contributed by atoms with Crippen LogP contribution in [0.25, 0.3) is 11.0 Å². The van der Waals surface area contributed by atoms with Crippen LogP contribution >= 0.6 is 0 Å². The Bertz CT molecular complexity index is 599. The fourth-order valence-corrected chi connectivity index (χ4v) is 2.57. The van der Waals surface area contributed by atoms with Crippen LogP contribution in [0.1, 0.15) is 44.5 Å². The molecule has 1 N–H and O–H groups in total. The minimum atomic E-state index is -0.279. The first kappa shape index (κ1) is 14.6. The van der Waals surface area contributed by atoms with E-state index < -0.39 is 0 Å². The Hall–Kier alpha value is -1.84. The number of rotatable bonds is 5. The van der Waals surface area contributed by atoms with Gasteiger partial charge in [-0.3, -0.25) is 0 Å². The third-order valence-corrected chi connectivity index (χ3v) is 3.21. The summed E-state index contributed by atoms with van der Waals surface area (Å²) in [7, 11) is 0. The molecule has 0 spiro atoms. The zero-order chi connectivity index (χ0) is 14.8. The van der Waals surface area contributed by atoms with E-state index >= 15 is 0 Å². The van der Waals surface area contributed by atoms with Crippen LogP contribution in [-0.4, -0.2) is 22.5 Å². The molecule has 0 saturated carbocycles. The van der Waals surface area contributed by atoms with Crippen molar-refractivity contribution in [3.63, 3.8) is 0 Å². The van der Waals surface area contributed by atoms with E-state index in [1.54, 1.807) is 18.5 Å². The number of esters is 1. The second kappa shape index (κ2) is 5.65. The molecular weight excluding hydrogens is 252 g/mol. The summed E-state index contributed by atoms with van der Waals surface area (Å²) in [6.07, 6.45) is 2.64. The third-order valence-electron chi connectivity index (χ3n) is 3.21. The number of H-pyrrole nitrogens is 1. The van der Waals surface area contributed by atoms with Crippen molar-refractivity contribution in [1.82, 2.24) is 9.97 Å². The Morgan fingerprint density at radius 2 is 2.15 bits per heavy atom. The maximum atomic E-state index is 12.1. The van der Waals surface area contributed by atoms with Gasteiger partial charge < -0.3 is 9.72 Å². The molecule has 2 rings (SSSR count). The van der Waals surface area contributed by atoms with Crippen LogP contribution in [0.3, 0.4) is 0 Å². The zero-order valence-corrected chi connectivity index (χ0v) is 12.6. The van der Waals surface area contributed by atoms with E-state index in [0.29, 0.717) is 18.1 Å². The predicted octanol–water partition coefficient (Wildman–Crippen LogP) is 3.79. The minimum Gasteiger partial charge on any atom is -0.462 e. The lowest BCUT2D eigenvalue weighted by atomic mass is 9.85. The minimum absolute atomic E-state index is 0.00190. The quantitative estimate of drug-likeness (QED) is 0.844. The lowest BCUT2D eigenvalue weighted by molar-refractivity contribution is 0.0306. The molecule has 0 radical (unpaired) electrons. The van der Waals surface area contributed by atoms with Crippen molar-refractivity contribution in [2.24, 2.45) is 11.3 Å². The highest BCUT2D eigenvalue weighted by Crippen LogP contribution is 2.26. The Morgan fingerprint density at radius 1 is 1.40 bits per heavy atom. The van der Waals surface area contributed by atoms with Gasteiger partial charge in [-0.1, -0.05) is 27.7 Å². The highest BCUT2D eigenvalue weighted by Gasteiger charge is 2.22. The molecule has 108 valence electrons. The number of nitrogens with one attached hydrogen (secondary N) is 1. The molecule has 1 aromatic heterocycles. The van der Waals surface area contributed by atoms with Crippen molar-refractivity contribution in [2.75, 3.05) is 6.61 Å². The molecule has 1 aromatic carbocycles. The van der Waals surface area contributed by atoms with Gasteiger partial charge >= 0.3 is 5.97 Å². The molecule has 0 bridgehead atoms. The molecule has 4 heteroatoms. The number of aromatic nitrogens is 2. The normalized spacial score (nSPS) is 12.1. The summed E-state index contributed by atoms with van der Waals surface area (Å²) in [4.78, 5) is 19.2. The second-order valence-electron chi connectivity index (χ2n) is 6.47. The van der Waals surface area contributed by atoms with Crippen LogP contribution < -0.4 is 0 Å². The number of ether oxygens (including phenoxy) is 1. The molecule has 0 saturated heterocycles. The highest BCUT2D eigenvalue weighted by molar-refractivity contribution is 5.93. The first-order valence-corrected chi connectivity index (χ1v) is 6.98. The maximum Gasteiger partial charge on any atom is 0.338 e. The maximum absolute atomic E-state index is 12.1. The largest absolute Gasteiger partial charge is 0.462 e. The standard InChI is InChI=1S/C16H22N2O2/c1-11(2)8-16(3,4)9-20-15(19)12-5-6-13-14(7-12)18-10-17-13/h5-7,10-11H,8-9H2,1-4H3,(H,17,18). The van der Waals surface area contributed by atoms with Crippen LogP contribution in [-0.2, 0) is 4.74 Å². The van der Waals surface area contributed by atoms with Gasteiger partial charge in [0.1, 0.15) is 0 Å². The molecule has 1 heterocycles. The number of hydrogen-bond acceptors (Lipinski definition) is 3. The number of aromatic amines is 1. The van der Waals surface area contributed by atoms with Gasteiger partial charge in [0.25, 0.3) is 0 Å². The number of carbonyl (C=O) groups is 1. The second-order valence-corrected chi connectivity index (χ2v) is 6.47. The van der Waals surface area contributed by atoms with Crippen LogP contribution in [0.4, 0.5) is 0 Å². The smallest absolute Gasteiger partial charge is 0.338 e. The lowest BCUT2D eigenvalue weighted by Crippen LogP contribution is -2.23. The van der Waals surface area contributed by atoms with Crippen molar-refractivity contribution in [1.29, 1.82) is 0 Å². The highest BCUT2D eigenvalue weighted by atomic mass is 16.5. The Morgan fingerprint density at radius 3 is 2.85 bits per heavy atom. The summed E-state index contributed by atoms with van der Waals surface area (Å²) >= 11 is 0. The van der Waals surface area contributed by atoms with Crippen molar-refractivity contribution in [3.8, 4) is 0 Å². The van der Waals surface area contributed by atoms with Gasteiger partial charge in [0, 0.05) is 0 Å². The number of nitrogens with zero attached hydrogens (tertiary/aromatic N) is 1. The van der Waals surface area contributed by atoms with Crippen molar-refractivity contribution < 1.29 is 9.53 Å². The number of carbonyl (C=O) groups excluding carboxylic acids is 1. The van der Waals surface area contributed by atoms with E-state index in [1.165, 1.54) is 0 Å². The molecule has 2 aromatic rings. The summed E-state index contributed by atoms with van der Waals surface area (Å²) in [5.41, 5.74) is 2.26. The Balaban J connectivity index is 2.01. The van der Waals surface area contributed by atoms with Gasteiger partial charge in [0.15, 0.2) is 0 Å². The van der Waals surface area contributed by atoms with Crippen LogP contribution in [0, 0.1) is 11.3 Å². The lowest BCUT2D eigenvalue weighted by Gasteiger charge is -2.26. The van der Waals surface area contributed by atoms with Crippen LogP contribution in [0.15, 0.2) is 24.5 Å². The molecule has 20 heavy (non-hydrogen) atoms. The fraction of sp³-hybridized carbons (Fsp3) is 0.500. The average molecular weight is 274 g/mol. The number of imidazole rings is 1. The monoisotopic (exact) mass is 274 g/mol. The van der Waals surface area contributed by atoms with E-state index in [4.69, 9.17) is 4.74 Å². The van der Waals surface area contributed by atoms with Crippen LogP contribution in [0.5, 0.6) is 0 Å².